The first-order valence-electron chi connectivity index (χ1n) is 6.57. The lowest BCUT2D eigenvalue weighted by atomic mass is 9.99. The van der Waals surface area contributed by atoms with Gasteiger partial charge >= 0.3 is 5.97 Å². The van der Waals surface area contributed by atoms with Crippen LogP contribution in [0.15, 0.2) is 48.5 Å². The van der Waals surface area contributed by atoms with Crippen molar-refractivity contribution in [2.24, 2.45) is 0 Å². The molecule has 0 aliphatic carbocycles. The lowest BCUT2D eigenvalue weighted by Crippen LogP contribution is -2.32. The number of aliphatic carboxylic acids is 1. The van der Waals surface area contributed by atoms with Crippen LogP contribution < -0.4 is 5.32 Å². The minimum absolute atomic E-state index is 0.0216. The molecule has 0 spiro atoms. The van der Waals surface area contributed by atoms with Crippen LogP contribution in [0, 0.1) is 6.92 Å². The minimum atomic E-state index is -0.973. The molecular weight excluding hydrogens is 268 g/mol. The third-order valence-electron chi connectivity index (χ3n) is 3.09. The molecule has 2 rings (SSSR count). The van der Waals surface area contributed by atoms with Crippen molar-refractivity contribution < 1.29 is 14.7 Å². The maximum absolute atomic E-state index is 12.0. The fourth-order valence-corrected chi connectivity index (χ4v) is 1.99. The Hall–Kier alpha value is -2.69. The van der Waals surface area contributed by atoms with Crippen LogP contribution in [0.4, 0.5) is 0 Å². The van der Waals surface area contributed by atoms with Gasteiger partial charge in [0, 0.05) is 12.2 Å². The van der Waals surface area contributed by atoms with Crippen molar-refractivity contribution in [3.05, 3.63) is 65.5 Å². The molecule has 0 radical (unpaired) electrons. The smallest absolute Gasteiger partial charge is 0.312 e. The summed E-state index contributed by atoms with van der Waals surface area (Å²) in [5.41, 5.74) is 1.68. The quantitative estimate of drug-likeness (QED) is 0.880. The Morgan fingerprint density at radius 3 is 2.48 bits per heavy atom. The fourth-order valence-electron chi connectivity index (χ4n) is 1.99. The summed E-state index contributed by atoms with van der Waals surface area (Å²) in [5.74, 6) is -2.13. The lowest BCUT2D eigenvalue weighted by Gasteiger charge is -2.13. The molecule has 1 amide bonds. The zero-order valence-corrected chi connectivity index (χ0v) is 11.6. The summed E-state index contributed by atoms with van der Waals surface area (Å²) in [4.78, 5) is 27.4. The number of rotatable bonds is 5. The number of amides is 1. The molecule has 1 atom stereocenters. The maximum atomic E-state index is 12.0. The second-order valence-electron chi connectivity index (χ2n) is 4.68. The van der Waals surface area contributed by atoms with Crippen molar-refractivity contribution in [2.75, 3.05) is 6.54 Å². The Morgan fingerprint density at radius 1 is 1.14 bits per heavy atom. The zero-order chi connectivity index (χ0) is 15.2. The molecule has 0 saturated carbocycles. The number of hydrogen-bond donors (Lipinski definition) is 2. The van der Waals surface area contributed by atoms with Crippen molar-refractivity contribution in [3.63, 3.8) is 0 Å². The lowest BCUT2D eigenvalue weighted by molar-refractivity contribution is -0.138. The molecule has 1 aromatic carbocycles. The summed E-state index contributed by atoms with van der Waals surface area (Å²) in [7, 11) is 0. The highest BCUT2D eigenvalue weighted by Crippen LogP contribution is 2.14. The molecule has 1 aromatic heterocycles. The van der Waals surface area contributed by atoms with Gasteiger partial charge in [-0.25, -0.2) is 4.98 Å². The Kier molecular flexibility index (Phi) is 4.66. The molecule has 0 saturated heterocycles. The SMILES string of the molecule is Cc1cccc(C(=O)NCC(C(=O)O)c2ccccc2)n1. The molecule has 0 aliphatic rings. The van der Waals surface area contributed by atoms with Gasteiger partial charge in [0.15, 0.2) is 0 Å². The summed E-state index contributed by atoms with van der Waals surface area (Å²) in [6.07, 6.45) is 0. The predicted octanol–water partition coefficient (Wildman–Crippen LogP) is 1.99. The third-order valence-corrected chi connectivity index (χ3v) is 3.09. The molecule has 1 heterocycles. The van der Waals surface area contributed by atoms with Crippen molar-refractivity contribution >= 4 is 11.9 Å². The summed E-state index contributed by atoms with van der Waals surface area (Å²) < 4.78 is 0. The minimum Gasteiger partial charge on any atom is -0.481 e. The molecule has 0 bridgehead atoms. The first-order chi connectivity index (χ1) is 10.1. The highest BCUT2D eigenvalue weighted by Gasteiger charge is 2.20. The van der Waals surface area contributed by atoms with Crippen molar-refractivity contribution in [1.29, 1.82) is 0 Å². The van der Waals surface area contributed by atoms with E-state index in [1.165, 1.54) is 0 Å². The number of pyridine rings is 1. The van der Waals surface area contributed by atoms with E-state index < -0.39 is 11.9 Å². The van der Waals surface area contributed by atoms with Gasteiger partial charge in [0.2, 0.25) is 0 Å². The largest absolute Gasteiger partial charge is 0.481 e. The zero-order valence-electron chi connectivity index (χ0n) is 11.6. The van der Waals surface area contributed by atoms with Crippen LogP contribution in [-0.4, -0.2) is 28.5 Å². The number of benzene rings is 1. The Balaban J connectivity index is 2.06. The number of nitrogens with one attached hydrogen (secondary N) is 1. The Bertz CT molecular complexity index is 641. The number of carboxylic acid groups (broad SMARTS) is 1. The predicted molar refractivity (Wildman–Crippen MR) is 78.1 cm³/mol. The Labute approximate surface area is 122 Å². The van der Waals surface area contributed by atoms with Crippen molar-refractivity contribution in [2.45, 2.75) is 12.8 Å². The van der Waals surface area contributed by atoms with Crippen LogP contribution in [0.2, 0.25) is 0 Å². The number of aryl methyl sites for hydroxylation is 1. The second-order valence-corrected chi connectivity index (χ2v) is 4.68. The second kappa shape index (κ2) is 6.65. The summed E-state index contributed by atoms with van der Waals surface area (Å²) in [5, 5.41) is 11.9. The topological polar surface area (TPSA) is 79.3 Å². The summed E-state index contributed by atoms with van der Waals surface area (Å²) >= 11 is 0. The monoisotopic (exact) mass is 284 g/mol. The summed E-state index contributed by atoms with van der Waals surface area (Å²) in [6.45, 7) is 1.81. The van der Waals surface area contributed by atoms with Crippen molar-refractivity contribution in [1.82, 2.24) is 10.3 Å². The van der Waals surface area contributed by atoms with Gasteiger partial charge in [0.25, 0.3) is 5.91 Å². The van der Waals surface area contributed by atoms with Gasteiger partial charge in [0.05, 0.1) is 5.92 Å². The molecule has 108 valence electrons. The van der Waals surface area contributed by atoms with Crippen LogP contribution >= 0.6 is 0 Å². The van der Waals surface area contributed by atoms with Gasteiger partial charge in [-0.3, -0.25) is 9.59 Å². The maximum Gasteiger partial charge on any atom is 0.312 e. The number of aromatic nitrogens is 1. The average molecular weight is 284 g/mol. The molecule has 21 heavy (non-hydrogen) atoms. The molecule has 2 aromatic rings. The van der Waals surface area contributed by atoms with E-state index in [0.29, 0.717) is 5.56 Å². The van der Waals surface area contributed by atoms with E-state index >= 15 is 0 Å². The highest BCUT2D eigenvalue weighted by atomic mass is 16.4. The number of carbonyl (C=O) groups is 2. The number of hydrogen-bond acceptors (Lipinski definition) is 3. The van der Waals surface area contributed by atoms with Gasteiger partial charge in [-0.05, 0) is 24.6 Å². The van der Waals surface area contributed by atoms with Gasteiger partial charge in [-0.15, -0.1) is 0 Å². The average Bonchev–Trinajstić information content (AvgIpc) is 2.48. The molecule has 1 unspecified atom stereocenters. The molecule has 0 fully saturated rings. The molecular formula is C16H16N2O3. The van der Waals surface area contributed by atoms with E-state index in [-0.39, 0.29) is 18.1 Å². The number of carboxylic acids is 1. The number of nitrogens with zero attached hydrogens (tertiary/aromatic N) is 1. The van der Waals surface area contributed by atoms with Gasteiger partial charge in [-0.1, -0.05) is 36.4 Å². The summed E-state index contributed by atoms with van der Waals surface area (Å²) in [6, 6.07) is 14.0. The van der Waals surface area contributed by atoms with E-state index in [2.05, 4.69) is 10.3 Å². The van der Waals surface area contributed by atoms with E-state index in [1.54, 1.807) is 49.4 Å². The molecule has 5 heteroatoms. The van der Waals surface area contributed by atoms with Gasteiger partial charge < -0.3 is 10.4 Å². The fraction of sp³-hybridized carbons (Fsp3) is 0.188. The standard InChI is InChI=1S/C16H16N2O3/c1-11-6-5-9-14(18-11)15(19)17-10-13(16(20)21)12-7-3-2-4-8-12/h2-9,13H,10H2,1H3,(H,17,19)(H,20,21). The van der Waals surface area contributed by atoms with Crippen LogP contribution in [0.5, 0.6) is 0 Å². The highest BCUT2D eigenvalue weighted by molar-refractivity contribution is 5.92. The third kappa shape index (κ3) is 3.89. The molecule has 2 N–H and O–H groups in total. The van der Waals surface area contributed by atoms with Gasteiger partial charge in [-0.2, -0.15) is 0 Å². The van der Waals surface area contributed by atoms with Crippen molar-refractivity contribution in [3.8, 4) is 0 Å². The van der Waals surface area contributed by atoms with E-state index in [1.807, 2.05) is 6.07 Å². The molecule has 5 nitrogen and oxygen atoms in total. The van der Waals surface area contributed by atoms with Crippen LogP contribution in [0.1, 0.15) is 27.7 Å². The normalized spacial score (nSPS) is 11.7. The van der Waals surface area contributed by atoms with Gasteiger partial charge in [0.1, 0.15) is 5.69 Å². The van der Waals surface area contributed by atoms with Crippen LogP contribution in [-0.2, 0) is 4.79 Å². The number of carbonyl (C=O) groups excluding carboxylic acids is 1. The van der Waals surface area contributed by atoms with Crippen LogP contribution in [0.3, 0.4) is 0 Å². The Morgan fingerprint density at radius 2 is 1.86 bits per heavy atom. The first kappa shape index (κ1) is 14.7. The molecule has 0 aliphatic heterocycles. The van der Waals surface area contributed by atoms with E-state index in [9.17, 15) is 14.7 Å². The van der Waals surface area contributed by atoms with E-state index in [0.717, 1.165) is 5.69 Å². The van der Waals surface area contributed by atoms with E-state index in [4.69, 9.17) is 0 Å². The van der Waals surface area contributed by atoms with Crippen LogP contribution in [0.25, 0.3) is 0 Å². The first-order valence-corrected chi connectivity index (χ1v) is 6.57.